The maximum atomic E-state index is 2.57. The molecule has 0 rings (SSSR count). The summed E-state index contributed by atoms with van der Waals surface area (Å²) in [6.45, 7) is 47.7. The van der Waals surface area contributed by atoms with E-state index >= 15 is 0 Å². The largest absolute Gasteiger partial charge is 0.0735 e. The molecule has 0 heterocycles. The fourth-order valence-electron chi connectivity index (χ4n) is 2.75. The minimum absolute atomic E-state index is 0.0738. The Morgan fingerprint density at radius 3 is 0.633 bits per heavy atom. The zero-order chi connectivity index (χ0) is 25.8. The van der Waals surface area contributed by atoms with E-state index in [1.165, 1.54) is 0 Å². The predicted molar refractivity (Wildman–Crippen MR) is 160 cm³/mol. The van der Waals surface area contributed by atoms with Crippen LogP contribution in [0.3, 0.4) is 0 Å². The SMILES string of the molecule is C[C](C)(C)[Sn][C](C)(C)C.C[C](C)(C)[Sn][C](C)(C)C.C[Si](C)[Si](C)(C)[Si](C)C.C[Si]C. The van der Waals surface area contributed by atoms with E-state index in [0.29, 0.717) is 13.7 Å². The van der Waals surface area contributed by atoms with Crippen LogP contribution in [0.1, 0.15) is 83.1 Å². The molecular formula is C24H60Si4Sn2. The average Bonchev–Trinajstić information content (AvgIpc) is 2.31. The van der Waals surface area contributed by atoms with Gasteiger partial charge >= 0.3 is 139 Å². The first-order valence-electron chi connectivity index (χ1n) is 11.5. The molecular weight excluding hydrogens is 638 g/mol. The Morgan fingerprint density at radius 2 is 0.633 bits per heavy atom. The molecule has 0 amide bonds. The summed E-state index contributed by atoms with van der Waals surface area (Å²) in [4.78, 5) is 0. The Bertz CT molecular complexity index is 333. The van der Waals surface area contributed by atoms with E-state index in [9.17, 15) is 0 Å². The second-order valence-corrected chi connectivity index (χ2v) is 55.2. The van der Waals surface area contributed by atoms with E-state index < -0.39 is 7.11 Å². The first kappa shape index (κ1) is 39.7. The first-order valence-corrected chi connectivity index (χ1v) is 29.2. The molecule has 0 aliphatic rings. The van der Waals surface area contributed by atoms with Gasteiger partial charge in [0.25, 0.3) is 0 Å². The van der Waals surface area contributed by atoms with Crippen LogP contribution in [0.15, 0.2) is 0 Å². The molecule has 0 spiro atoms. The fraction of sp³-hybridized carbons (Fsp3) is 1.00. The molecule has 8 radical (unpaired) electrons. The van der Waals surface area contributed by atoms with Gasteiger partial charge in [0.05, 0.1) is 0 Å². The van der Waals surface area contributed by atoms with Crippen molar-refractivity contribution in [3.8, 4) is 0 Å². The second-order valence-electron chi connectivity index (χ2n) is 13.4. The van der Waals surface area contributed by atoms with Gasteiger partial charge in [-0.3, -0.25) is 0 Å². The van der Waals surface area contributed by atoms with Crippen LogP contribution < -0.4 is 0 Å². The van der Waals surface area contributed by atoms with Gasteiger partial charge in [-0.25, -0.2) is 0 Å². The molecule has 30 heavy (non-hydrogen) atoms. The molecule has 0 saturated carbocycles. The van der Waals surface area contributed by atoms with Gasteiger partial charge in [-0.2, -0.15) is 0 Å². The van der Waals surface area contributed by atoms with Crippen molar-refractivity contribution in [2.45, 2.75) is 149 Å². The van der Waals surface area contributed by atoms with Crippen LogP contribution >= 0.6 is 0 Å². The molecule has 0 saturated heterocycles. The topological polar surface area (TPSA) is 0 Å². The van der Waals surface area contributed by atoms with Crippen molar-refractivity contribution in [1.82, 2.24) is 0 Å². The Hall–Kier alpha value is 2.46. The van der Waals surface area contributed by atoms with E-state index in [4.69, 9.17) is 0 Å². The van der Waals surface area contributed by atoms with Crippen molar-refractivity contribution < 1.29 is 0 Å². The summed E-state index contributed by atoms with van der Waals surface area (Å²) in [6, 6.07) is 0. The molecule has 0 unspecified atom stereocenters. The van der Waals surface area contributed by atoms with E-state index in [2.05, 4.69) is 135 Å². The van der Waals surface area contributed by atoms with Crippen LogP contribution in [0.4, 0.5) is 0 Å². The van der Waals surface area contributed by atoms with Crippen LogP contribution in [-0.4, -0.2) is 75.5 Å². The number of hydrogen-bond donors (Lipinski definition) is 0. The molecule has 180 valence electrons. The van der Waals surface area contributed by atoms with Gasteiger partial charge in [0.1, 0.15) is 0 Å². The van der Waals surface area contributed by atoms with Gasteiger partial charge in [-0.1, -0.05) is 52.4 Å². The second kappa shape index (κ2) is 17.0. The Morgan fingerprint density at radius 1 is 0.500 bits per heavy atom. The molecule has 6 heteroatoms. The van der Waals surface area contributed by atoms with Gasteiger partial charge in [-0.15, -0.1) is 0 Å². The summed E-state index contributed by atoms with van der Waals surface area (Å²) >= 11 is -0.363. The van der Waals surface area contributed by atoms with Crippen LogP contribution in [0.25, 0.3) is 0 Å². The van der Waals surface area contributed by atoms with Crippen LogP contribution in [0.2, 0.25) is 66.1 Å². The molecule has 0 aromatic rings. The third kappa shape index (κ3) is 37.8. The van der Waals surface area contributed by atoms with Gasteiger partial charge in [0.15, 0.2) is 0 Å². The van der Waals surface area contributed by atoms with Crippen molar-refractivity contribution >= 4 is 75.5 Å². The van der Waals surface area contributed by atoms with Gasteiger partial charge < -0.3 is 0 Å². The summed E-state index contributed by atoms with van der Waals surface area (Å²) in [7, 11) is 0.577. The monoisotopic (exact) mass is 700 g/mol. The molecule has 0 N–H and O–H groups in total. The third-order valence-electron chi connectivity index (χ3n) is 4.00. The smallest absolute Gasteiger partial charge is 0.0307 e. The molecule has 0 aromatic carbocycles. The Kier molecular flexibility index (Phi) is 22.5. The van der Waals surface area contributed by atoms with Crippen molar-refractivity contribution in [3.05, 3.63) is 0 Å². The Balaban J connectivity index is -0.000000158. The normalized spacial score (nSPS) is 13.0. The molecule has 0 aliphatic heterocycles. The summed E-state index contributed by atoms with van der Waals surface area (Å²) in [5.41, 5.74) is 0. The summed E-state index contributed by atoms with van der Waals surface area (Å²) in [6.07, 6.45) is 0. The van der Waals surface area contributed by atoms with Gasteiger partial charge in [0, 0.05) is 33.3 Å². The molecule has 0 nitrogen and oxygen atoms in total. The van der Waals surface area contributed by atoms with E-state index in [1.54, 1.807) is 0 Å². The summed E-state index contributed by atoms with van der Waals surface area (Å²) < 4.78 is 2.62. The van der Waals surface area contributed by atoms with E-state index in [-0.39, 0.29) is 58.9 Å². The standard InChI is InChI=1S/C6H18Si3.4C4H9.C2H6Si.2Sn/c1-7(2)9(5,6)8(3)4;4*1-4(2)3;1-3-2;;/h1-6H3;4*1-3H3;1-2H3;;. The van der Waals surface area contributed by atoms with Crippen molar-refractivity contribution in [1.29, 1.82) is 0 Å². The fourth-order valence-corrected chi connectivity index (χ4v) is 28.6. The zero-order valence-electron chi connectivity index (χ0n) is 25.0. The van der Waals surface area contributed by atoms with Crippen LogP contribution in [0, 0.1) is 0 Å². The minimum Gasteiger partial charge on any atom is -0.0735 e. The van der Waals surface area contributed by atoms with Gasteiger partial charge in [0.2, 0.25) is 0 Å². The third-order valence-corrected chi connectivity index (χ3v) is 41.6. The molecule has 0 aliphatic carbocycles. The average molecular weight is 699 g/mol. The quantitative estimate of drug-likeness (QED) is 0.252. The first-order chi connectivity index (χ1) is 12.7. The number of rotatable bonds is 2. The molecule has 0 aromatic heterocycles. The molecule has 0 bridgehead atoms. The molecule has 0 atom stereocenters. The zero-order valence-corrected chi connectivity index (χ0v) is 34.7. The van der Waals surface area contributed by atoms with Crippen LogP contribution in [-0.2, 0) is 0 Å². The maximum absolute atomic E-state index is 2.57. The van der Waals surface area contributed by atoms with Crippen LogP contribution in [0.5, 0.6) is 0 Å². The van der Waals surface area contributed by atoms with Crippen molar-refractivity contribution in [2.24, 2.45) is 0 Å². The van der Waals surface area contributed by atoms with E-state index in [0.717, 1.165) is 9.52 Å². The summed E-state index contributed by atoms with van der Waals surface area (Å²) in [5.74, 6) is 0. The van der Waals surface area contributed by atoms with Gasteiger partial charge in [-0.05, 0) is 0 Å². The molecule has 0 fully saturated rings. The van der Waals surface area contributed by atoms with E-state index in [1.807, 2.05) is 0 Å². The van der Waals surface area contributed by atoms with Crippen molar-refractivity contribution in [3.63, 3.8) is 0 Å². The predicted octanol–water partition coefficient (Wildman–Crippen LogP) is 9.40. The number of hydrogen-bond acceptors (Lipinski definition) is 0. The van der Waals surface area contributed by atoms with Crippen molar-refractivity contribution in [2.75, 3.05) is 0 Å². The minimum atomic E-state index is -0.654. The maximum Gasteiger partial charge on any atom is 0.0307 e. The Labute approximate surface area is 222 Å². The summed E-state index contributed by atoms with van der Waals surface area (Å²) in [5, 5.41) is 0.